The van der Waals surface area contributed by atoms with Gasteiger partial charge in [0.1, 0.15) is 12.3 Å². The molecule has 0 unspecified atom stereocenters. The van der Waals surface area contributed by atoms with Crippen molar-refractivity contribution in [3.8, 4) is 5.75 Å². The molecule has 3 aliphatic rings. The maximum absolute atomic E-state index is 13.5. The van der Waals surface area contributed by atoms with Crippen LogP contribution < -0.4 is 4.74 Å². The number of quaternary nitrogens is 1. The van der Waals surface area contributed by atoms with Crippen LogP contribution in [0.5, 0.6) is 5.75 Å². The Balaban J connectivity index is 1.24. The van der Waals surface area contributed by atoms with Gasteiger partial charge in [0.05, 0.1) is 42.8 Å². The van der Waals surface area contributed by atoms with Gasteiger partial charge in [0.2, 0.25) is 5.60 Å². The van der Waals surface area contributed by atoms with Crippen molar-refractivity contribution in [2.45, 2.75) is 31.0 Å². The minimum Gasteiger partial charge on any atom is -0.493 e. The fourth-order valence-electron chi connectivity index (χ4n) is 5.07. The van der Waals surface area contributed by atoms with Crippen molar-refractivity contribution < 1.29 is 30.7 Å². The highest BCUT2D eigenvalue weighted by Gasteiger charge is 2.51. The molecule has 3 aliphatic heterocycles. The summed E-state index contributed by atoms with van der Waals surface area (Å²) < 4.78 is 51.9. The Labute approximate surface area is 209 Å². The van der Waals surface area contributed by atoms with Crippen molar-refractivity contribution in [3.63, 3.8) is 0 Å². The molecule has 5 nitrogen and oxygen atoms in total. The number of carbonyl (C=O) groups is 1. The number of fused-ring (bicyclic) bond motifs is 3. The number of aliphatic hydroxyl groups is 1. The van der Waals surface area contributed by atoms with E-state index in [1.165, 1.54) is 22.7 Å². The summed E-state index contributed by atoms with van der Waals surface area (Å²) in [5.41, 5.74) is -1.82. The predicted molar refractivity (Wildman–Crippen MR) is 131 cm³/mol. The van der Waals surface area contributed by atoms with Crippen LogP contribution in [-0.2, 0) is 15.1 Å². The van der Waals surface area contributed by atoms with Crippen molar-refractivity contribution >= 4 is 28.6 Å². The van der Waals surface area contributed by atoms with Gasteiger partial charge >= 0.3 is 5.97 Å². The van der Waals surface area contributed by atoms with Gasteiger partial charge in [-0.15, -0.1) is 22.7 Å². The summed E-state index contributed by atoms with van der Waals surface area (Å²) in [5.74, 6) is -0.498. The van der Waals surface area contributed by atoms with E-state index in [0.29, 0.717) is 22.7 Å². The smallest absolute Gasteiger partial charge is 0.349 e. The highest BCUT2D eigenvalue weighted by molar-refractivity contribution is 7.12. The van der Waals surface area contributed by atoms with Gasteiger partial charge in [-0.3, -0.25) is 0 Å². The lowest BCUT2D eigenvalue weighted by Gasteiger charge is -2.52. The Morgan fingerprint density at radius 1 is 1.12 bits per heavy atom. The molecule has 0 radical (unpaired) electrons. The minimum absolute atomic E-state index is 0.124. The standard InChI is InChI=1S/C26H30NO4S2/c28-25(26(29,23-9-4-17-32-23)24-10-5-18-33-24)31-22-19-27(14-11-20(22)12-15-27)13-6-16-30-21-7-2-1-3-8-21/h1-5,7-10,17-18,20,22,29H,6,11-16,19H2/q+1/t20?,22-,27?/m0/s1/i1D,2D,3D,7D,8D. The van der Waals surface area contributed by atoms with E-state index in [1.54, 1.807) is 12.1 Å². The van der Waals surface area contributed by atoms with Crippen LogP contribution in [0.25, 0.3) is 0 Å². The first-order valence-corrected chi connectivity index (χ1v) is 13.0. The molecule has 3 saturated heterocycles. The number of thiophene rings is 2. The number of para-hydroxylation sites is 1. The topological polar surface area (TPSA) is 55.8 Å². The summed E-state index contributed by atoms with van der Waals surface area (Å²) in [5, 5.41) is 15.3. The van der Waals surface area contributed by atoms with Crippen LogP contribution in [-0.4, -0.2) is 54.4 Å². The Morgan fingerprint density at radius 3 is 2.39 bits per heavy atom. The third-order valence-electron chi connectivity index (χ3n) is 6.85. The van der Waals surface area contributed by atoms with Gasteiger partial charge in [-0.25, -0.2) is 4.79 Å². The van der Waals surface area contributed by atoms with E-state index in [-0.39, 0.29) is 36.5 Å². The predicted octanol–water partition coefficient (Wildman–Crippen LogP) is 4.67. The fourth-order valence-corrected chi connectivity index (χ4v) is 6.78. The van der Waals surface area contributed by atoms with Crippen LogP contribution >= 0.6 is 22.7 Å². The first kappa shape index (κ1) is 17.3. The molecule has 0 saturated carbocycles. The molecule has 2 aromatic heterocycles. The lowest BCUT2D eigenvalue weighted by atomic mass is 9.83. The van der Waals surface area contributed by atoms with Crippen LogP contribution in [0.4, 0.5) is 0 Å². The molecule has 1 aromatic carbocycles. The highest BCUT2D eigenvalue weighted by Crippen LogP contribution is 2.40. The van der Waals surface area contributed by atoms with Crippen molar-refractivity contribution in [2.24, 2.45) is 5.92 Å². The molecule has 2 bridgehead atoms. The van der Waals surface area contributed by atoms with Gasteiger partial charge in [-0.2, -0.15) is 0 Å². The summed E-state index contributed by atoms with van der Waals surface area (Å²) >= 11 is 2.65. The first-order valence-electron chi connectivity index (χ1n) is 13.7. The van der Waals surface area contributed by atoms with Crippen LogP contribution in [0.2, 0.25) is 0 Å². The van der Waals surface area contributed by atoms with Gasteiger partial charge in [0.25, 0.3) is 0 Å². The van der Waals surface area contributed by atoms with E-state index in [9.17, 15) is 9.90 Å². The number of piperidine rings is 3. The normalized spacial score (nSPS) is 26.6. The van der Waals surface area contributed by atoms with E-state index >= 15 is 0 Å². The molecule has 174 valence electrons. The number of ether oxygens (including phenoxy) is 2. The molecule has 5 heterocycles. The number of rotatable bonds is 9. The molecule has 3 aromatic rings. The van der Waals surface area contributed by atoms with E-state index in [4.69, 9.17) is 16.3 Å². The summed E-state index contributed by atoms with van der Waals surface area (Å²) in [7, 11) is 0. The lowest BCUT2D eigenvalue weighted by molar-refractivity contribution is -0.946. The average Bonchev–Trinajstić information content (AvgIpc) is 3.66. The van der Waals surface area contributed by atoms with Crippen LogP contribution in [0.3, 0.4) is 0 Å². The quantitative estimate of drug-likeness (QED) is 0.270. The van der Waals surface area contributed by atoms with Gasteiger partial charge in [-0.05, 0) is 35.0 Å². The van der Waals surface area contributed by atoms with Gasteiger partial charge in [-0.1, -0.05) is 30.3 Å². The van der Waals surface area contributed by atoms with Gasteiger partial charge < -0.3 is 19.1 Å². The van der Waals surface area contributed by atoms with Crippen molar-refractivity contribution in [1.29, 1.82) is 0 Å². The zero-order valence-corrected chi connectivity index (χ0v) is 19.8. The van der Waals surface area contributed by atoms with Crippen LogP contribution in [0.15, 0.2) is 65.2 Å². The number of hydrogen-bond donors (Lipinski definition) is 1. The molecule has 0 spiro atoms. The fraction of sp³-hybridized carbons (Fsp3) is 0.423. The largest absolute Gasteiger partial charge is 0.493 e. The second kappa shape index (κ2) is 9.58. The number of hydrogen-bond acceptors (Lipinski definition) is 6. The van der Waals surface area contributed by atoms with Crippen molar-refractivity contribution in [2.75, 3.05) is 32.8 Å². The Hall–Kier alpha value is -2.19. The first-order chi connectivity index (χ1) is 18.2. The Kier molecular flexibility index (Phi) is 5.02. The lowest BCUT2D eigenvalue weighted by Crippen LogP contribution is -2.65. The number of benzene rings is 1. The summed E-state index contributed by atoms with van der Waals surface area (Å²) in [6, 6.07) is 5.21. The molecule has 7 heteroatoms. The van der Waals surface area contributed by atoms with Crippen molar-refractivity contribution in [3.05, 3.63) is 75.0 Å². The number of carbonyl (C=O) groups excluding carboxylic acids is 1. The van der Waals surface area contributed by atoms with Gasteiger partial charge in [0, 0.05) is 25.2 Å². The molecule has 33 heavy (non-hydrogen) atoms. The third kappa shape index (κ3) is 4.60. The summed E-state index contributed by atoms with van der Waals surface area (Å²) in [6.07, 6.45) is 2.19. The Morgan fingerprint density at radius 2 is 1.79 bits per heavy atom. The number of nitrogens with zero attached hydrogens (tertiary/aromatic N) is 1. The van der Waals surface area contributed by atoms with Crippen molar-refractivity contribution in [1.82, 2.24) is 0 Å². The van der Waals surface area contributed by atoms with Crippen LogP contribution in [0.1, 0.15) is 35.9 Å². The summed E-state index contributed by atoms with van der Waals surface area (Å²) in [6.45, 7) is 3.58. The molecular weight excluding hydrogens is 454 g/mol. The maximum atomic E-state index is 13.5. The zero-order valence-electron chi connectivity index (χ0n) is 23.2. The minimum atomic E-state index is -1.82. The van der Waals surface area contributed by atoms with E-state index in [2.05, 4.69) is 0 Å². The van der Waals surface area contributed by atoms with Crippen LogP contribution in [0, 0.1) is 5.92 Å². The summed E-state index contributed by atoms with van der Waals surface area (Å²) in [4.78, 5) is 14.6. The number of esters is 1. The molecular formula is C26H30NO4S2+. The highest BCUT2D eigenvalue weighted by atomic mass is 32.1. The zero-order chi connectivity index (χ0) is 27.1. The monoisotopic (exact) mass is 489 g/mol. The maximum Gasteiger partial charge on any atom is 0.349 e. The molecule has 1 atom stereocenters. The van der Waals surface area contributed by atoms with Gasteiger partial charge in [0.15, 0.2) is 6.10 Å². The van der Waals surface area contributed by atoms with E-state index < -0.39 is 29.7 Å². The average molecular weight is 490 g/mol. The molecule has 1 N–H and O–H groups in total. The second-order valence-corrected chi connectivity index (χ2v) is 10.7. The molecule has 0 amide bonds. The molecule has 0 aliphatic carbocycles. The molecule has 6 rings (SSSR count). The third-order valence-corrected chi connectivity index (χ3v) is 8.81. The SMILES string of the molecule is [2H]c1c([2H])c([2H])c(OCCC[N+]23CCC(CC2)[C@@H](OC(=O)C(O)(c2cccs2)c2cccs2)C3)c([2H])c1[2H]. The Bertz CT molecular complexity index is 1230. The van der Waals surface area contributed by atoms with E-state index in [0.717, 1.165) is 37.0 Å². The van der Waals surface area contributed by atoms with E-state index in [1.807, 2.05) is 22.9 Å². The molecule has 3 fully saturated rings. The second-order valence-electron chi connectivity index (χ2n) is 8.80.